The lowest BCUT2D eigenvalue weighted by atomic mass is 10.2. The van der Waals surface area contributed by atoms with Gasteiger partial charge >= 0.3 is 5.97 Å². The molecule has 0 spiro atoms. The number of esters is 1. The molecule has 5 heteroatoms. The third-order valence-electron chi connectivity index (χ3n) is 4.01. The second kappa shape index (κ2) is 6.90. The van der Waals surface area contributed by atoms with Crippen LogP contribution in [0.4, 0.5) is 0 Å². The van der Waals surface area contributed by atoms with Crippen LogP contribution in [0.2, 0.25) is 0 Å². The molecular weight excluding hydrogens is 256 g/mol. The molecule has 1 aromatic rings. The lowest BCUT2D eigenvalue weighted by Gasteiger charge is -2.24. The molecule has 2 unspecified atom stereocenters. The molecular formula is C15H24N2O3. The highest BCUT2D eigenvalue weighted by atomic mass is 16.5. The Balaban J connectivity index is 1.87. The molecule has 0 radical (unpaired) electrons. The quantitative estimate of drug-likeness (QED) is 0.810. The fourth-order valence-corrected chi connectivity index (χ4v) is 2.75. The Morgan fingerprint density at radius 3 is 3.10 bits per heavy atom. The van der Waals surface area contributed by atoms with E-state index in [1.807, 2.05) is 13.0 Å². The predicted molar refractivity (Wildman–Crippen MR) is 76.7 cm³/mol. The molecule has 0 aliphatic carbocycles. The zero-order valence-electron chi connectivity index (χ0n) is 12.5. The van der Waals surface area contributed by atoms with E-state index in [0.29, 0.717) is 6.04 Å². The molecule has 20 heavy (non-hydrogen) atoms. The van der Waals surface area contributed by atoms with Gasteiger partial charge in [-0.3, -0.25) is 4.90 Å². The summed E-state index contributed by atoms with van der Waals surface area (Å²) in [6.07, 6.45) is 2.53. The molecule has 2 atom stereocenters. The van der Waals surface area contributed by atoms with E-state index in [1.165, 1.54) is 26.5 Å². The maximum atomic E-state index is 11.4. The van der Waals surface area contributed by atoms with Crippen molar-refractivity contribution >= 4 is 5.97 Å². The standard InChI is InChI=1S/C15H24N2O3/c1-4-17-9-5-6-12(17)10-16-11(2)13-7-8-14(20-13)15(18)19-3/h7-8,11-12,16H,4-6,9-10H2,1-3H3. The molecule has 0 bridgehead atoms. The van der Waals surface area contributed by atoms with E-state index in [2.05, 4.69) is 21.9 Å². The number of hydrogen-bond donors (Lipinski definition) is 1. The fraction of sp³-hybridized carbons (Fsp3) is 0.667. The number of nitrogens with one attached hydrogen (secondary N) is 1. The number of ether oxygens (including phenoxy) is 1. The largest absolute Gasteiger partial charge is 0.463 e. The normalized spacial score (nSPS) is 21.1. The molecule has 2 heterocycles. The molecule has 1 aliphatic heterocycles. The van der Waals surface area contributed by atoms with Crippen LogP contribution in [0.1, 0.15) is 49.0 Å². The second-order valence-corrected chi connectivity index (χ2v) is 5.25. The molecule has 1 fully saturated rings. The number of carbonyl (C=O) groups excluding carboxylic acids is 1. The topological polar surface area (TPSA) is 54.7 Å². The van der Waals surface area contributed by atoms with Crippen molar-refractivity contribution in [2.45, 2.75) is 38.8 Å². The maximum Gasteiger partial charge on any atom is 0.373 e. The van der Waals surface area contributed by atoms with Crippen molar-refractivity contribution in [3.05, 3.63) is 23.7 Å². The minimum absolute atomic E-state index is 0.0905. The first kappa shape index (κ1) is 15.1. The molecule has 0 saturated carbocycles. The summed E-state index contributed by atoms with van der Waals surface area (Å²) in [5, 5.41) is 3.49. The van der Waals surface area contributed by atoms with Gasteiger partial charge in [-0.1, -0.05) is 6.92 Å². The lowest BCUT2D eigenvalue weighted by molar-refractivity contribution is 0.0562. The van der Waals surface area contributed by atoms with Crippen LogP contribution >= 0.6 is 0 Å². The Morgan fingerprint density at radius 1 is 1.60 bits per heavy atom. The van der Waals surface area contributed by atoms with Crippen LogP contribution in [0.15, 0.2) is 16.5 Å². The van der Waals surface area contributed by atoms with Crippen LogP contribution in [0.25, 0.3) is 0 Å². The highest BCUT2D eigenvalue weighted by Gasteiger charge is 2.23. The van der Waals surface area contributed by atoms with Crippen LogP contribution in [-0.4, -0.2) is 43.7 Å². The molecule has 1 saturated heterocycles. The van der Waals surface area contributed by atoms with Gasteiger partial charge < -0.3 is 14.5 Å². The van der Waals surface area contributed by atoms with E-state index >= 15 is 0 Å². The highest BCUT2D eigenvalue weighted by Crippen LogP contribution is 2.19. The number of rotatable bonds is 6. The molecule has 112 valence electrons. The summed E-state index contributed by atoms with van der Waals surface area (Å²) >= 11 is 0. The monoisotopic (exact) mass is 280 g/mol. The van der Waals surface area contributed by atoms with Crippen molar-refractivity contribution in [2.24, 2.45) is 0 Å². The molecule has 5 nitrogen and oxygen atoms in total. The van der Waals surface area contributed by atoms with E-state index in [-0.39, 0.29) is 11.8 Å². The number of methoxy groups -OCH3 is 1. The van der Waals surface area contributed by atoms with Crippen molar-refractivity contribution in [2.75, 3.05) is 26.7 Å². The van der Waals surface area contributed by atoms with Gasteiger partial charge in [-0.15, -0.1) is 0 Å². The number of furan rings is 1. The average molecular weight is 280 g/mol. The van der Waals surface area contributed by atoms with Crippen molar-refractivity contribution in [1.82, 2.24) is 10.2 Å². The second-order valence-electron chi connectivity index (χ2n) is 5.25. The smallest absolute Gasteiger partial charge is 0.373 e. The summed E-state index contributed by atoms with van der Waals surface area (Å²) < 4.78 is 10.2. The van der Waals surface area contributed by atoms with E-state index < -0.39 is 5.97 Å². The number of nitrogens with zero attached hydrogens (tertiary/aromatic N) is 1. The summed E-state index contributed by atoms with van der Waals surface area (Å²) in [7, 11) is 1.35. The highest BCUT2D eigenvalue weighted by molar-refractivity contribution is 5.86. The first-order chi connectivity index (χ1) is 9.65. The summed E-state index contributed by atoms with van der Waals surface area (Å²) in [6.45, 7) is 7.50. The SMILES string of the molecule is CCN1CCCC1CNC(C)c1ccc(C(=O)OC)o1. The van der Waals surface area contributed by atoms with Crippen LogP contribution in [0.5, 0.6) is 0 Å². The summed E-state index contributed by atoms with van der Waals surface area (Å²) in [5.74, 6) is 0.593. The fourth-order valence-electron chi connectivity index (χ4n) is 2.75. The van der Waals surface area contributed by atoms with Gasteiger partial charge in [0.2, 0.25) is 5.76 Å². The first-order valence-corrected chi connectivity index (χ1v) is 7.31. The van der Waals surface area contributed by atoms with Gasteiger partial charge in [0, 0.05) is 12.6 Å². The van der Waals surface area contributed by atoms with Gasteiger partial charge in [0.05, 0.1) is 13.2 Å². The Morgan fingerprint density at radius 2 is 2.40 bits per heavy atom. The minimum Gasteiger partial charge on any atom is -0.463 e. The Bertz CT molecular complexity index is 444. The number of likely N-dealkylation sites (N-methyl/N-ethyl adjacent to an activating group) is 1. The lowest BCUT2D eigenvalue weighted by Crippen LogP contribution is -2.38. The van der Waals surface area contributed by atoms with Crippen LogP contribution in [0, 0.1) is 0 Å². The van der Waals surface area contributed by atoms with Gasteiger partial charge in [-0.2, -0.15) is 0 Å². The van der Waals surface area contributed by atoms with Gasteiger partial charge in [0.25, 0.3) is 0 Å². The van der Waals surface area contributed by atoms with Crippen LogP contribution < -0.4 is 5.32 Å². The van der Waals surface area contributed by atoms with Gasteiger partial charge in [-0.25, -0.2) is 4.79 Å². The summed E-state index contributed by atoms with van der Waals surface area (Å²) in [4.78, 5) is 13.9. The number of likely N-dealkylation sites (tertiary alicyclic amines) is 1. The molecule has 0 amide bonds. The van der Waals surface area contributed by atoms with Crippen LogP contribution in [-0.2, 0) is 4.74 Å². The summed E-state index contributed by atoms with van der Waals surface area (Å²) in [6, 6.07) is 4.19. The van der Waals surface area contributed by atoms with E-state index in [9.17, 15) is 4.79 Å². The zero-order valence-corrected chi connectivity index (χ0v) is 12.5. The first-order valence-electron chi connectivity index (χ1n) is 7.31. The minimum atomic E-state index is -0.434. The molecule has 1 aliphatic rings. The van der Waals surface area contributed by atoms with E-state index in [1.54, 1.807) is 6.07 Å². The third-order valence-corrected chi connectivity index (χ3v) is 4.01. The summed E-state index contributed by atoms with van der Waals surface area (Å²) in [5.41, 5.74) is 0. The van der Waals surface area contributed by atoms with Crippen molar-refractivity contribution in [3.8, 4) is 0 Å². The van der Waals surface area contributed by atoms with Crippen LogP contribution in [0.3, 0.4) is 0 Å². The van der Waals surface area contributed by atoms with Gasteiger partial charge in [0.15, 0.2) is 0 Å². The predicted octanol–water partition coefficient (Wildman–Crippen LogP) is 2.20. The van der Waals surface area contributed by atoms with E-state index in [4.69, 9.17) is 4.42 Å². The van der Waals surface area contributed by atoms with Crippen molar-refractivity contribution < 1.29 is 13.9 Å². The van der Waals surface area contributed by atoms with Crippen molar-refractivity contribution in [3.63, 3.8) is 0 Å². The zero-order chi connectivity index (χ0) is 14.5. The van der Waals surface area contributed by atoms with Gasteiger partial charge in [0.1, 0.15) is 5.76 Å². The van der Waals surface area contributed by atoms with Gasteiger partial charge in [-0.05, 0) is 45.0 Å². The third kappa shape index (κ3) is 3.41. The number of carbonyl (C=O) groups is 1. The molecule has 2 rings (SSSR count). The average Bonchev–Trinajstić information content (AvgIpc) is 3.12. The Labute approximate surface area is 120 Å². The maximum absolute atomic E-state index is 11.4. The van der Waals surface area contributed by atoms with E-state index in [0.717, 1.165) is 18.8 Å². The number of hydrogen-bond acceptors (Lipinski definition) is 5. The Hall–Kier alpha value is -1.33. The molecule has 0 aromatic carbocycles. The van der Waals surface area contributed by atoms with Crippen molar-refractivity contribution in [1.29, 1.82) is 0 Å². The molecule has 1 N–H and O–H groups in total. The Kier molecular flexibility index (Phi) is 5.20. The molecule has 1 aromatic heterocycles.